The number of halogens is 1. The van der Waals surface area contributed by atoms with Gasteiger partial charge < -0.3 is 14.4 Å². The normalized spacial score (nSPS) is 11.9. The topological polar surface area (TPSA) is 34.4 Å². The van der Waals surface area contributed by atoms with E-state index in [0.717, 1.165) is 27.2 Å². The van der Waals surface area contributed by atoms with Gasteiger partial charge in [-0.2, -0.15) is 0 Å². The molecule has 3 rings (SSSR count). The van der Waals surface area contributed by atoms with Gasteiger partial charge in [-0.05, 0) is 56.7 Å². The van der Waals surface area contributed by atoms with Gasteiger partial charge in [0, 0.05) is 34.2 Å². The van der Waals surface area contributed by atoms with Crippen LogP contribution in [0.5, 0.6) is 5.75 Å². The second kappa shape index (κ2) is 6.15. The summed E-state index contributed by atoms with van der Waals surface area (Å²) in [5.41, 5.74) is 4.02. The number of hydrogen-bond donors (Lipinski definition) is 1. The molecule has 4 heteroatoms. The van der Waals surface area contributed by atoms with Crippen molar-refractivity contribution in [2.75, 3.05) is 6.61 Å². The van der Waals surface area contributed by atoms with Gasteiger partial charge in [0.2, 0.25) is 0 Å². The first-order valence-electron chi connectivity index (χ1n) is 7.97. The molecule has 0 aliphatic rings. The van der Waals surface area contributed by atoms with Gasteiger partial charge >= 0.3 is 0 Å². The Morgan fingerprint density at radius 2 is 1.79 bits per heavy atom. The summed E-state index contributed by atoms with van der Waals surface area (Å²) in [6, 6.07) is 13.9. The van der Waals surface area contributed by atoms with Gasteiger partial charge in [-0.25, -0.2) is 0 Å². The van der Waals surface area contributed by atoms with Crippen molar-refractivity contribution in [3.63, 3.8) is 0 Å². The van der Waals surface area contributed by atoms with E-state index < -0.39 is 5.60 Å². The third kappa shape index (κ3) is 3.02. The largest absolute Gasteiger partial charge is 0.485 e. The number of aliphatic hydroxyl groups excluding tert-OH is 1. The van der Waals surface area contributed by atoms with Gasteiger partial charge in [0.15, 0.2) is 0 Å². The molecule has 0 unspecified atom stereocenters. The maximum absolute atomic E-state index is 9.43. The Morgan fingerprint density at radius 3 is 2.42 bits per heavy atom. The number of nitrogens with zero attached hydrogens (tertiary/aromatic N) is 1. The molecular weight excluding hydrogens is 322 g/mol. The van der Waals surface area contributed by atoms with Crippen molar-refractivity contribution in [3.8, 4) is 16.9 Å². The van der Waals surface area contributed by atoms with Gasteiger partial charge in [-0.15, -0.1) is 0 Å². The number of aliphatic hydroxyl groups is 1. The summed E-state index contributed by atoms with van der Waals surface area (Å²) >= 11 is 6.03. The molecule has 0 atom stereocenters. The molecule has 1 aromatic heterocycles. The lowest BCUT2D eigenvalue weighted by Gasteiger charge is -2.24. The molecule has 0 amide bonds. The van der Waals surface area contributed by atoms with Crippen LogP contribution in [0.2, 0.25) is 5.02 Å². The second-order valence-electron chi connectivity index (χ2n) is 6.73. The predicted octanol–water partition coefficient (Wildman–Crippen LogP) is 4.96. The summed E-state index contributed by atoms with van der Waals surface area (Å²) in [5, 5.41) is 11.3. The van der Waals surface area contributed by atoms with E-state index in [4.69, 9.17) is 16.3 Å². The first-order chi connectivity index (χ1) is 11.3. The summed E-state index contributed by atoms with van der Waals surface area (Å²) in [6.45, 7) is 5.81. The van der Waals surface area contributed by atoms with Crippen LogP contribution in [0.15, 0.2) is 42.5 Å². The lowest BCUT2D eigenvalue weighted by atomic mass is 10.0. The van der Waals surface area contributed by atoms with E-state index in [1.165, 1.54) is 11.3 Å². The molecule has 1 N–H and O–H groups in total. The van der Waals surface area contributed by atoms with Crippen LogP contribution in [0.1, 0.15) is 19.5 Å². The highest BCUT2D eigenvalue weighted by Gasteiger charge is 2.20. The Labute approximate surface area is 147 Å². The average Bonchev–Trinajstić information content (AvgIpc) is 2.79. The van der Waals surface area contributed by atoms with Crippen LogP contribution < -0.4 is 4.74 Å². The SMILES string of the molecule is Cc1c(-c2ccc(Cl)cc2)c2cc(OC(C)(C)CO)ccc2n1C. The van der Waals surface area contributed by atoms with E-state index in [2.05, 4.69) is 24.6 Å². The second-order valence-corrected chi connectivity index (χ2v) is 7.16. The molecule has 126 valence electrons. The average molecular weight is 344 g/mol. The van der Waals surface area contributed by atoms with Crippen molar-refractivity contribution in [2.24, 2.45) is 7.05 Å². The highest BCUT2D eigenvalue weighted by Crippen LogP contribution is 2.37. The Bertz CT molecular complexity index is 879. The molecule has 0 spiro atoms. The highest BCUT2D eigenvalue weighted by atomic mass is 35.5. The van der Waals surface area contributed by atoms with Crippen molar-refractivity contribution in [1.82, 2.24) is 4.57 Å². The zero-order chi connectivity index (χ0) is 17.5. The third-order valence-electron chi connectivity index (χ3n) is 4.37. The number of benzene rings is 2. The van der Waals surface area contributed by atoms with Crippen LogP contribution >= 0.6 is 11.6 Å². The first kappa shape index (κ1) is 16.9. The summed E-state index contributed by atoms with van der Waals surface area (Å²) in [7, 11) is 2.06. The molecule has 0 radical (unpaired) electrons. The zero-order valence-electron chi connectivity index (χ0n) is 14.4. The molecule has 0 bridgehead atoms. The van der Waals surface area contributed by atoms with Gasteiger partial charge in [0.25, 0.3) is 0 Å². The molecule has 0 saturated heterocycles. The summed E-state index contributed by atoms with van der Waals surface area (Å²) in [4.78, 5) is 0. The molecule has 0 saturated carbocycles. The number of rotatable bonds is 4. The number of fused-ring (bicyclic) bond motifs is 1. The molecule has 3 nitrogen and oxygen atoms in total. The van der Waals surface area contributed by atoms with Gasteiger partial charge in [-0.3, -0.25) is 0 Å². The van der Waals surface area contributed by atoms with Crippen LogP contribution in [0.25, 0.3) is 22.0 Å². The summed E-state index contributed by atoms with van der Waals surface area (Å²) in [5.74, 6) is 0.752. The lowest BCUT2D eigenvalue weighted by Crippen LogP contribution is -2.32. The van der Waals surface area contributed by atoms with Crippen LogP contribution in [0, 0.1) is 6.92 Å². The Morgan fingerprint density at radius 1 is 1.12 bits per heavy atom. The maximum atomic E-state index is 9.43. The molecule has 3 aromatic rings. The van der Waals surface area contributed by atoms with E-state index >= 15 is 0 Å². The van der Waals surface area contributed by atoms with Crippen LogP contribution in [0.4, 0.5) is 0 Å². The molecule has 0 fully saturated rings. The minimum absolute atomic E-state index is 0.0388. The quantitative estimate of drug-likeness (QED) is 0.726. The van der Waals surface area contributed by atoms with E-state index in [0.29, 0.717) is 0 Å². The van der Waals surface area contributed by atoms with Crippen LogP contribution in [-0.2, 0) is 7.05 Å². The fourth-order valence-electron chi connectivity index (χ4n) is 2.95. The summed E-state index contributed by atoms with van der Waals surface area (Å²) in [6.07, 6.45) is 0. The fourth-order valence-corrected chi connectivity index (χ4v) is 3.07. The fraction of sp³-hybridized carbons (Fsp3) is 0.300. The van der Waals surface area contributed by atoms with E-state index in [9.17, 15) is 5.11 Å². The van der Waals surface area contributed by atoms with Crippen LogP contribution in [0.3, 0.4) is 0 Å². The van der Waals surface area contributed by atoms with Crippen molar-refractivity contribution >= 4 is 22.5 Å². The molecular formula is C20H22ClNO2. The smallest absolute Gasteiger partial charge is 0.126 e. The number of ether oxygens (including phenoxy) is 1. The maximum Gasteiger partial charge on any atom is 0.126 e. The Balaban J connectivity index is 2.17. The third-order valence-corrected chi connectivity index (χ3v) is 4.62. The Hall–Kier alpha value is -1.97. The minimum atomic E-state index is -0.613. The number of aromatic nitrogens is 1. The molecule has 1 heterocycles. The first-order valence-corrected chi connectivity index (χ1v) is 8.35. The molecule has 24 heavy (non-hydrogen) atoms. The van der Waals surface area contributed by atoms with Crippen molar-refractivity contribution in [3.05, 3.63) is 53.2 Å². The van der Waals surface area contributed by atoms with Crippen molar-refractivity contribution in [2.45, 2.75) is 26.4 Å². The van der Waals surface area contributed by atoms with E-state index in [1.54, 1.807) is 0 Å². The molecule has 0 aliphatic carbocycles. The zero-order valence-corrected chi connectivity index (χ0v) is 15.2. The van der Waals surface area contributed by atoms with E-state index in [-0.39, 0.29) is 6.61 Å². The van der Waals surface area contributed by atoms with Crippen LogP contribution in [-0.4, -0.2) is 21.9 Å². The number of aryl methyl sites for hydroxylation is 1. The standard InChI is InChI=1S/C20H22ClNO2/c1-13-19(14-5-7-15(21)8-6-14)17-11-16(24-20(2,3)12-23)9-10-18(17)22(13)4/h5-11,23H,12H2,1-4H3. The summed E-state index contributed by atoms with van der Waals surface area (Å²) < 4.78 is 8.12. The van der Waals surface area contributed by atoms with Gasteiger partial charge in [-0.1, -0.05) is 23.7 Å². The van der Waals surface area contributed by atoms with Crippen molar-refractivity contribution < 1.29 is 9.84 Å². The van der Waals surface area contributed by atoms with E-state index in [1.807, 2.05) is 50.2 Å². The monoisotopic (exact) mass is 343 g/mol. The molecule has 0 aliphatic heterocycles. The van der Waals surface area contributed by atoms with Gasteiger partial charge in [0.1, 0.15) is 11.4 Å². The van der Waals surface area contributed by atoms with Crippen molar-refractivity contribution in [1.29, 1.82) is 0 Å². The highest BCUT2D eigenvalue weighted by molar-refractivity contribution is 6.30. The Kier molecular flexibility index (Phi) is 4.33. The minimum Gasteiger partial charge on any atom is -0.485 e. The number of hydrogen-bond acceptors (Lipinski definition) is 2. The van der Waals surface area contributed by atoms with Gasteiger partial charge in [0.05, 0.1) is 6.61 Å². The predicted molar refractivity (Wildman–Crippen MR) is 99.9 cm³/mol. The lowest BCUT2D eigenvalue weighted by molar-refractivity contribution is 0.0414. The molecule has 2 aromatic carbocycles.